The first-order valence-electron chi connectivity index (χ1n) is 7.69. The lowest BCUT2D eigenvalue weighted by Gasteiger charge is -2.24. The van der Waals surface area contributed by atoms with Gasteiger partial charge in [-0.2, -0.15) is 0 Å². The average Bonchev–Trinajstić information content (AvgIpc) is 3.05. The summed E-state index contributed by atoms with van der Waals surface area (Å²) < 4.78 is 5.26. The number of likely N-dealkylation sites (tertiary alicyclic amines) is 1. The fourth-order valence-electron chi connectivity index (χ4n) is 2.72. The lowest BCUT2D eigenvalue weighted by Crippen LogP contribution is -2.36. The van der Waals surface area contributed by atoms with E-state index in [9.17, 15) is 4.79 Å². The van der Waals surface area contributed by atoms with Gasteiger partial charge in [0.2, 0.25) is 0 Å². The lowest BCUT2D eigenvalue weighted by molar-refractivity contribution is 0.0519. The van der Waals surface area contributed by atoms with Crippen molar-refractivity contribution in [3.63, 3.8) is 0 Å². The summed E-state index contributed by atoms with van der Waals surface area (Å²) in [4.78, 5) is 17.4. The molecule has 2 rings (SSSR count). The zero-order valence-electron chi connectivity index (χ0n) is 13.5. The van der Waals surface area contributed by atoms with Gasteiger partial charge in [-0.15, -0.1) is 0 Å². The Bertz CT molecular complexity index is 451. The van der Waals surface area contributed by atoms with Crippen molar-refractivity contribution in [3.05, 3.63) is 24.0 Å². The minimum absolute atomic E-state index is 0.321. The molecule has 2 heterocycles. The van der Waals surface area contributed by atoms with Crippen LogP contribution in [0.4, 0.5) is 4.79 Å². The van der Waals surface area contributed by atoms with Crippen LogP contribution in [0, 0.1) is 5.92 Å². The first-order chi connectivity index (χ1) is 9.85. The summed E-state index contributed by atoms with van der Waals surface area (Å²) in [7, 11) is 0. The largest absolute Gasteiger partial charge is 0.444 e. The Morgan fingerprint density at radius 1 is 1.57 bits per heavy atom. The molecule has 1 amide bonds. The van der Waals surface area contributed by atoms with E-state index in [1.54, 1.807) is 0 Å². The number of carbonyl (C=O) groups is 1. The highest BCUT2D eigenvalue weighted by molar-refractivity contribution is 5.67. The smallest absolute Gasteiger partial charge is 0.407 e. The molecule has 1 aliphatic heterocycles. The van der Waals surface area contributed by atoms with Crippen LogP contribution in [-0.4, -0.2) is 41.2 Å². The van der Waals surface area contributed by atoms with Crippen LogP contribution in [0.2, 0.25) is 0 Å². The highest BCUT2D eigenvalue weighted by Gasteiger charge is 2.27. The minimum atomic E-state index is -0.437. The third-order valence-electron chi connectivity index (χ3n) is 3.87. The Kier molecular flexibility index (Phi) is 4.93. The van der Waals surface area contributed by atoms with Gasteiger partial charge < -0.3 is 15.0 Å². The molecule has 2 N–H and O–H groups in total. The quantitative estimate of drug-likeness (QED) is 0.897. The van der Waals surface area contributed by atoms with Gasteiger partial charge in [0.15, 0.2) is 0 Å². The molecule has 2 atom stereocenters. The highest BCUT2D eigenvalue weighted by Crippen LogP contribution is 2.26. The summed E-state index contributed by atoms with van der Waals surface area (Å²) in [5, 5.41) is 2.88. The number of hydrogen-bond acceptors (Lipinski definition) is 3. The van der Waals surface area contributed by atoms with E-state index in [0.717, 1.165) is 19.5 Å². The van der Waals surface area contributed by atoms with Crippen molar-refractivity contribution >= 4 is 6.09 Å². The van der Waals surface area contributed by atoms with Crippen molar-refractivity contribution in [2.75, 3.05) is 19.6 Å². The van der Waals surface area contributed by atoms with Crippen LogP contribution in [0.15, 0.2) is 18.3 Å². The summed E-state index contributed by atoms with van der Waals surface area (Å²) in [6.45, 7) is 10.6. The Balaban J connectivity index is 1.74. The predicted octanol–water partition coefficient (Wildman–Crippen LogP) is 2.92. The van der Waals surface area contributed by atoms with Gasteiger partial charge in [-0.05, 0) is 58.7 Å². The van der Waals surface area contributed by atoms with E-state index < -0.39 is 5.60 Å². The Labute approximate surface area is 127 Å². The fraction of sp³-hybridized carbons (Fsp3) is 0.688. The molecule has 0 radical (unpaired) electrons. The van der Waals surface area contributed by atoms with Crippen LogP contribution in [0.1, 0.15) is 45.9 Å². The highest BCUT2D eigenvalue weighted by atomic mass is 16.6. The molecular formula is C16H27N3O2. The summed E-state index contributed by atoms with van der Waals surface area (Å²) in [5.41, 5.74) is 0.809. The number of rotatable bonds is 4. The number of amides is 1. The van der Waals surface area contributed by atoms with Gasteiger partial charge in [0.1, 0.15) is 5.60 Å². The average molecular weight is 293 g/mol. The van der Waals surface area contributed by atoms with E-state index in [-0.39, 0.29) is 6.09 Å². The molecule has 118 valence electrons. The van der Waals surface area contributed by atoms with Crippen molar-refractivity contribution < 1.29 is 9.53 Å². The number of aromatic amines is 1. The number of hydrogen-bond donors (Lipinski definition) is 2. The number of alkyl carbamates (subject to hydrolysis) is 1. The van der Waals surface area contributed by atoms with E-state index >= 15 is 0 Å². The molecule has 0 unspecified atom stereocenters. The number of nitrogens with one attached hydrogen (secondary N) is 2. The van der Waals surface area contributed by atoms with Crippen molar-refractivity contribution in [2.45, 2.75) is 45.8 Å². The van der Waals surface area contributed by atoms with Crippen molar-refractivity contribution in [1.29, 1.82) is 0 Å². The molecule has 1 aromatic rings. The van der Waals surface area contributed by atoms with Gasteiger partial charge in [0.25, 0.3) is 0 Å². The normalized spacial score (nSPS) is 21.2. The van der Waals surface area contributed by atoms with Crippen LogP contribution >= 0.6 is 0 Å². The SMILES string of the molecule is C[C@@H](c1ccc[nH]1)N1CC[C@H](CNC(=O)OC(C)(C)C)C1. The van der Waals surface area contributed by atoms with Crippen LogP contribution in [0.5, 0.6) is 0 Å². The second kappa shape index (κ2) is 6.52. The standard InChI is InChI=1S/C16H27N3O2/c1-12(14-6-5-8-17-14)19-9-7-13(11-19)10-18-15(20)21-16(2,3)4/h5-6,8,12-13,17H,7,9-11H2,1-4H3,(H,18,20)/t12-,13+/m0/s1. The molecule has 0 saturated carbocycles. The maximum Gasteiger partial charge on any atom is 0.407 e. The van der Waals surface area contributed by atoms with Gasteiger partial charge in [0.05, 0.1) is 0 Å². The lowest BCUT2D eigenvalue weighted by atomic mass is 10.1. The molecule has 5 nitrogen and oxygen atoms in total. The zero-order valence-corrected chi connectivity index (χ0v) is 13.5. The number of aromatic nitrogens is 1. The number of carbonyl (C=O) groups excluding carboxylic acids is 1. The molecule has 0 aliphatic carbocycles. The van der Waals surface area contributed by atoms with Crippen molar-refractivity contribution in [3.8, 4) is 0 Å². The molecule has 0 bridgehead atoms. The Morgan fingerprint density at radius 2 is 2.33 bits per heavy atom. The number of nitrogens with zero attached hydrogens (tertiary/aromatic N) is 1. The van der Waals surface area contributed by atoms with E-state index in [1.165, 1.54) is 5.69 Å². The van der Waals surface area contributed by atoms with E-state index in [1.807, 2.05) is 33.0 Å². The van der Waals surface area contributed by atoms with Crippen LogP contribution in [-0.2, 0) is 4.74 Å². The van der Waals surface area contributed by atoms with Gasteiger partial charge in [-0.3, -0.25) is 4.90 Å². The molecule has 5 heteroatoms. The summed E-state index contributed by atoms with van der Waals surface area (Å²) in [5.74, 6) is 0.495. The topological polar surface area (TPSA) is 57.4 Å². The molecule has 21 heavy (non-hydrogen) atoms. The summed E-state index contributed by atoms with van der Waals surface area (Å²) in [6, 6.07) is 4.55. The zero-order chi connectivity index (χ0) is 15.5. The van der Waals surface area contributed by atoms with Gasteiger partial charge in [-0.25, -0.2) is 4.79 Å². The molecule has 1 aromatic heterocycles. The third kappa shape index (κ3) is 4.77. The van der Waals surface area contributed by atoms with Crippen LogP contribution < -0.4 is 5.32 Å². The molecule has 1 saturated heterocycles. The van der Waals surface area contributed by atoms with E-state index in [4.69, 9.17) is 4.74 Å². The van der Waals surface area contributed by atoms with Gasteiger partial charge >= 0.3 is 6.09 Å². The monoisotopic (exact) mass is 293 g/mol. The minimum Gasteiger partial charge on any atom is -0.444 e. The second-order valence-corrected chi connectivity index (χ2v) is 6.83. The fourth-order valence-corrected chi connectivity index (χ4v) is 2.72. The molecule has 1 aliphatic rings. The first-order valence-corrected chi connectivity index (χ1v) is 7.69. The summed E-state index contributed by atoms with van der Waals surface area (Å²) in [6.07, 6.45) is 2.75. The molecule has 1 fully saturated rings. The van der Waals surface area contributed by atoms with E-state index in [0.29, 0.717) is 18.5 Å². The third-order valence-corrected chi connectivity index (χ3v) is 3.87. The Hall–Kier alpha value is -1.49. The Morgan fingerprint density at radius 3 is 2.95 bits per heavy atom. The maximum atomic E-state index is 11.7. The molecule has 0 spiro atoms. The second-order valence-electron chi connectivity index (χ2n) is 6.83. The van der Waals surface area contributed by atoms with E-state index in [2.05, 4.69) is 28.2 Å². The predicted molar refractivity (Wildman–Crippen MR) is 83.1 cm³/mol. The molecule has 0 aromatic carbocycles. The maximum absolute atomic E-state index is 11.7. The van der Waals surface area contributed by atoms with Gasteiger partial charge in [0, 0.05) is 31.0 Å². The summed E-state index contributed by atoms with van der Waals surface area (Å²) >= 11 is 0. The van der Waals surface area contributed by atoms with Crippen molar-refractivity contribution in [1.82, 2.24) is 15.2 Å². The number of ether oxygens (including phenoxy) is 1. The van der Waals surface area contributed by atoms with Crippen molar-refractivity contribution in [2.24, 2.45) is 5.92 Å². The number of H-pyrrole nitrogens is 1. The van der Waals surface area contributed by atoms with Crippen LogP contribution in [0.25, 0.3) is 0 Å². The van der Waals surface area contributed by atoms with Crippen LogP contribution in [0.3, 0.4) is 0 Å². The molecular weight excluding hydrogens is 266 g/mol. The van der Waals surface area contributed by atoms with Gasteiger partial charge in [-0.1, -0.05) is 0 Å². The first kappa shape index (κ1) is 15.9.